The summed E-state index contributed by atoms with van der Waals surface area (Å²) in [6.45, 7) is 0. The smallest absolute Gasteiger partial charge is 0.130 e. The van der Waals surface area contributed by atoms with E-state index in [9.17, 15) is 4.79 Å². The van der Waals surface area contributed by atoms with E-state index in [2.05, 4.69) is 0 Å². The Morgan fingerprint density at radius 3 is 2.62 bits per heavy atom. The highest BCUT2D eigenvalue weighted by Gasteiger charge is 2.33. The summed E-state index contributed by atoms with van der Waals surface area (Å²) < 4.78 is 5.22. The maximum absolute atomic E-state index is 11.4. The molecule has 86 valence electrons. The minimum absolute atomic E-state index is 0.257. The fourth-order valence-electron chi connectivity index (χ4n) is 2.59. The van der Waals surface area contributed by atoms with Crippen LogP contribution in [-0.4, -0.2) is 13.4 Å². The summed E-state index contributed by atoms with van der Waals surface area (Å²) in [5.41, 5.74) is 0.855. The molecule has 0 amide bonds. The molecule has 2 nitrogen and oxygen atoms in total. The quantitative estimate of drug-likeness (QED) is 0.729. The Hall–Kier alpha value is -1.31. The Labute approximate surface area is 96.6 Å². The van der Waals surface area contributed by atoms with Gasteiger partial charge in [-0.3, -0.25) is 0 Å². The highest BCUT2D eigenvalue weighted by Crippen LogP contribution is 2.38. The Morgan fingerprint density at radius 2 is 2.00 bits per heavy atom. The van der Waals surface area contributed by atoms with Crippen LogP contribution in [0.1, 0.15) is 37.7 Å². The molecule has 1 aromatic rings. The van der Waals surface area contributed by atoms with Crippen LogP contribution in [0.4, 0.5) is 0 Å². The Morgan fingerprint density at radius 1 is 1.25 bits per heavy atom. The molecule has 1 aromatic carbocycles. The minimum atomic E-state index is -0.257. The predicted molar refractivity (Wildman–Crippen MR) is 63.8 cm³/mol. The summed E-state index contributed by atoms with van der Waals surface area (Å²) in [5.74, 6) is 0.837. The van der Waals surface area contributed by atoms with E-state index >= 15 is 0 Å². The van der Waals surface area contributed by atoms with E-state index in [1.54, 1.807) is 7.11 Å². The van der Waals surface area contributed by atoms with Gasteiger partial charge >= 0.3 is 0 Å². The van der Waals surface area contributed by atoms with Crippen molar-refractivity contribution >= 4 is 6.29 Å². The molecule has 0 spiro atoms. The van der Waals surface area contributed by atoms with Crippen molar-refractivity contribution in [1.29, 1.82) is 0 Å². The molecule has 1 aliphatic rings. The average molecular weight is 218 g/mol. The van der Waals surface area contributed by atoms with E-state index in [4.69, 9.17) is 4.74 Å². The van der Waals surface area contributed by atoms with Crippen LogP contribution in [0, 0.1) is 0 Å². The van der Waals surface area contributed by atoms with Crippen molar-refractivity contribution in [3.63, 3.8) is 0 Å². The fourth-order valence-corrected chi connectivity index (χ4v) is 2.59. The van der Waals surface area contributed by atoms with Gasteiger partial charge in [0.15, 0.2) is 0 Å². The lowest BCUT2D eigenvalue weighted by Crippen LogP contribution is -2.30. The monoisotopic (exact) mass is 218 g/mol. The normalized spacial score (nSPS) is 19.1. The van der Waals surface area contributed by atoms with Gasteiger partial charge < -0.3 is 9.53 Å². The van der Waals surface area contributed by atoms with Crippen molar-refractivity contribution in [3.05, 3.63) is 29.8 Å². The highest BCUT2D eigenvalue weighted by molar-refractivity contribution is 5.69. The van der Waals surface area contributed by atoms with Crippen LogP contribution in [0.2, 0.25) is 0 Å². The zero-order valence-electron chi connectivity index (χ0n) is 9.74. The van der Waals surface area contributed by atoms with Gasteiger partial charge in [0.05, 0.1) is 12.5 Å². The lowest BCUT2D eigenvalue weighted by molar-refractivity contribution is -0.113. The highest BCUT2D eigenvalue weighted by atomic mass is 16.5. The summed E-state index contributed by atoms with van der Waals surface area (Å²) in [4.78, 5) is 11.4. The van der Waals surface area contributed by atoms with Crippen LogP contribution >= 0.6 is 0 Å². The summed E-state index contributed by atoms with van der Waals surface area (Å²) in [6.07, 6.45) is 6.64. The van der Waals surface area contributed by atoms with Crippen molar-refractivity contribution in [2.45, 2.75) is 37.5 Å². The fraction of sp³-hybridized carbons (Fsp3) is 0.500. The second-order valence-electron chi connectivity index (χ2n) is 4.57. The van der Waals surface area contributed by atoms with Gasteiger partial charge in [0.25, 0.3) is 0 Å². The van der Waals surface area contributed by atoms with Crippen molar-refractivity contribution in [2.24, 2.45) is 0 Å². The van der Waals surface area contributed by atoms with Crippen molar-refractivity contribution < 1.29 is 9.53 Å². The molecular formula is C14H18O2. The molecule has 0 bridgehead atoms. The van der Waals surface area contributed by atoms with Crippen LogP contribution < -0.4 is 4.74 Å². The third-order valence-electron chi connectivity index (χ3n) is 3.62. The second-order valence-corrected chi connectivity index (χ2v) is 4.57. The number of carbonyl (C=O) groups is 1. The zero-order chi connectivity index (χ0) is 11.4. The first kappa shape index (κ1) is 11.2. The van der Waals surface area contributed by atoms with Crippen LogP contribution in [0.15, 0.2) is 24.3 Å². The molecule has 0 aromatic heterocycles. The van der Waals surface area contributed by atoms with E-state index in [-0.39, 0.29) is 5.41 Å². The topological polar surface area (TPSA) is 26.3 Å². The van der Waals surface area contributed by atoms with Gasteiger partial charge in [-0.05, 0) is 30.5 Å². The minimum Gasteiger partial charge on any atom is -0.497 e. The number of rotatable bonds is 3. The van der Waals surface area contributed by atoms with Crippen LogP contribution in [0.5, 0.6) is 5.75 Å². The molecule has 2 rings (SSSR count). The molecule has 0 saturated heterocycles. The maximum Gasteiger partial charge on any atom is 0.130 e. The molecule has 0 N–H and O–H groups in total. The summed E-state index contributed by atoms with van der Waals surface area (Å²) in [6, 6.07) is 7.93. The Kier molecular flexibility index (Phi) is 3.28. The van der Waals surface area contributed by atoms with Crippen molar-refractivity contribution in [1.82, 2.24) is 0 Å². The predicted octanol–water partition coefficient (Wildman–Crippen LogP) is 3.10. The molecule has 1 aliphatic carbocycles. The van der Waals surface area contributed by atoms with E-state index in [1.807, 2.05) is 24.3 Å². The molecule has 16 heavy (non-hydrogen) atoms. The lowest BCUT2D eigenvalue weighted by atomic mass is 9.70. The summed E-state index contributed by atoms with van der Waals surface area (Å²) in [5, 5.41) is 0. The maximum atomic E-state index is 11.4. The van der Waals surface area contributed by atoms with Crippen LogP contribution in [0.3, 0.4) is 0 Å². The first-order valence-electron chi connectivity index (χ1n) is 5.92. The molecule has 2 heteroatoms. The number of aldehydes is 1. The largest absolute Gasteiger partial charge is 0.497 e. The van der Waals surface area contributed by atoms with Crippen LogP contribution in [0.25, 0.3) is 0 Å². The average Bonchev–Trinajstić information content (AvgIpc) is 2.39. The molecule has 0 unspecified atom stereocenters. The van der Waals surface area contributed by atoms with E-state index in [1.165, 1.54) is 6.42 Å². The zero-order valence-corrected chi connectivity index (χ0v) is 9.74. The lowest BCUT2D eigenvalue weighted by Gasteiger charge is -2.32. The summed E-state index contributed by atoms with van der Waals surface area (Å²) in [7, 11) is 1.66. The van der Waals surface area contributed by atoms with Crippen molar-refractivity contribution in [2.75, 3.05) is 7.11 Å². The van der Waals surface area contributed by atoms with E-state index in [0.717, 1.165) is 43.3 Å². The molecule has 0 aliphatic heterocycles. The molecule has 1 fully saturated rings. The van der Waals surface area contributed by atoms with E-state index < -0.39 is 0 Å². The first-order valence-corrected chi connectivity index (χ1v) is 5.92. The van der Waals surface area contributed by atoms with Gasteiger partial charge in [-0.25, -0.2) is 0 Å². The van der Waals surface area contributed by atoms with Gasteiger partial charge in [-0.15, -0.1) is 0 Å². The number of hydrogen-bond donors (Lipinski definition) is 0. The van der Waals surface area contributed by atoms with E-state index in [0.29, 0.717) is 0 Å². The Bertz CT molecular complexity index is 365. The third-order valence-corrected chi connectivity index (χ3v) is 3.62. The van der Waals surface area contributed by atoms with Gasteiger partial charge in [-0.1, -0.05) is 31.4 Å². The number of ether oxygens (including phenoxy) is 1. The number of carbonyl (C=O) groups excluding carboxylic acids is 1. The van der Waals surface area contributed by atoms with Gasteiger partial charge in [0, 0.05) is 0 Å². The molecule has 0 atom stereocenters. The number of benzene rings is 1. The standard InChI is InChI=1S/C14H18O2/c1-16-13-7-5-6-12(10-13)14(11-15)8-3-2-4-9-14/h5-7,10-11H,2-4,8-9H2,1H3. The molecule has 1 saturated carbocycles. The Balaban J connectivity index is 2.34. The van der Waals surface area contributed by atoms with Crippen LogP contribution in [-0.2, 0) is 10.2 Å². The third kappa shape index (κ3) is 1.97. The van der Waals surface area contributed by atoms with Crippen molar-refractivity contribution in [3.8, 4) is 5.75 Å². The molecular weight excluding hydrogens is 200 g/mol. The molecule has 0 heterocycles. The number of hydrogen-bond acceptors (Lipinski definition) is 2. The molecule has 0 radical (unpaired) electrons. The van der Waals surface area contributed by atoms with Gasteiger partial charge in [-0.2, -0.15) is 0 Å². The SMILES string of the molecule is COc1cccc(C2(C=O)CCCCC2)c1. The first-order chi connectivity index (χ1) is 7.80. The summed E-state index contributed by atoms with van der Waals surface area (Å²) >= 11 is 0. The number of methoxy groups -OCH3 is 1. The second kappa shape index (κ2) is 4.69. The van der Waals surface area contributed by atoms with Gasteiger partial charge in [0.2, 0.25) is 0 Å². The van der Waals surface area contributed by atoms with Gasteiger partial charge in [0.1, 0.15) is 12.0 Å².